The molecule has 3 heterocycles. The molecule has 2 aromatic carbocycles. The minimum Gasteiger partial charge on any atom is -0.336 e. The van der Waals surface area contributed by atoms with E-state index in [1.54, 1.807) is 28.2 Å². The van der Waals surface area contributed by atoms with Gasteiger partial charge in [0, 0.05) is 38.8 Å². The summed E-state index contributed by atoms with van der Waals surface area (Å²) in [6, 6.07) is 19.4. The summed E-state index contributed by atoms with van der Waals surface area (Å²) in [5.74, 6) is -0.150. The zero-order valence-electron chi connectivity index (χ0n) is 20.5. The van der Waals surface area contributed by atoms with Crippen molar-refractivity contribution >= 4 is 15.9 Å². The summed E-state index contributed by atoms with van der Waals surface area (Å²) in [5.41, 5.74) is 4.20. The number of hydrogen-bond donors (Lipinski definition) is 0. The highest BCUT2D eigenvalue weighted by molar-refractivity contribution is 7.89. The van der Waals surface area contributed by atoms with Crippen LogP contribution in [0.2, 0.25) is 0 Å². The van der Waals surface area contributed by atoms with E-state index in [4.69, 9.17) is 5.10 Å². The van der Waals surface area contributed by atoms with Crippen molar-refractivity contribution in [2.75, 3.05) is 26.2 Å². The van der Waals surface area contributed by atoms with Gasteiger partial charge in [0.2, 0.25) is 10.0 Å². The first-order valence-electron chi connectivity index (χ1n) is 11.8. The number of carbonyl (C=O) groups is 1. The van der Waals surface area contributed by atoms with Gasteiger partial charge in [-0.05, 0) is 26.0 Å². The fraction of sp³-hybridized carbons (Fsp3) is 0.269. The molecule has 0 atom stereocenters. The summed E-state index contributed by atoms with van der Waals surface area (Å²) in [6.07, 6.45) is 1.38. The molecule has 0 aliphatic carbocycles. The monoisotopic (exact) mass is 504 g/mol. The number of nitrogens with zero attached hydrogens (tertiary/aromatic N) is 6. The van der Waals surface area contributed by atoms with E-state index in [-0.39, 0.29) is 23.9 Å². The Hall–Kier alpha value is -3.76. The van der Waals surface area contributed by atoms with E-state index in [9.17, 15) is 13.2 Å². The normalized spacial score (nSPS) is 14.8. The third-order valence-corrected chi connectivity index (χ3v) is 8.71. The Kier molecular flexibility index (Phi) is 6.23. The van der Waals surface area contributed by atoms with Crippen molar-refractivity contribution in [1.29, 1.82) is 0 Å². The number of sulfonamides is 1. The molecular weight excluding hydrogens is 476 g/mol. The third-order valence-electron chi connectivity index (χ3n) is 6.71. The highest BCUT2D eigenvalue weighted by Gasteiger charge is 2.34. The lowest BCUT2D eigenvalue weighted by atomic mass is 10.0. The van der Waals surface area contributed by atoms with Crippen LogP contribution in [0.15, 0.2) is 71.8 Å². The maximum absolute atomic E-state index is 13.8. The number of para-hydroxylation sites is 1. The highest BCUT2D eigenvalue weighted by atomic mass is 32.2. The van der Waals surface area contributed by atoms with E-state index in [1.807, 2.05) is 67.6 Å². The van der Waals surface area contributed by atoms with Gasteiger partial charge in [0.15, 0.2) is 0 Å². The summed E-state index contributed by atoms with van der Waals surface area (Å²) in [5, 5.41) is 8.90. The van der Waals surface area contributed by atoms with Crippen LogP contribution in [0.1, 0.15) is 21.7 Å². The molecular formula is C26H28N6O3S. The van der Waals surface area contributed by atoms with Crippen molar-refractivity contribution in [3.63, 3.8) is 0 Å². The van der Waals surface area contributed by atoms with Crippen LogP contribution in [0.4, 0.5) is 0 Å². The first kappa shape index (κ1) is 24.0. The van der Waals surface area contributed by atoms with E-state index in [2.05, 4.69) is 5.10 Å². The Balaban J connectivity index is 1.44. The topological polar surface area (TPSA) is 93.3 Å². The first-order valence-corrected chi connectivity index (χ1v) is 13.2. The van der Waals surface area contributed by atoms with Gasteiger partial charge in [0.05, 0.1) is 28.8 Å². The smallest absolute Gasteiger partial charge is 0.258 e. The number of aromatic nitrogens is 4. The lowest BCUT2D eigenvalue weighted by molar-refractivity contribution is 0.0698. The van der Waals surface area contributed by atoms with Crippen molar-refractivity contribution in [2.24, 2.45) is 7.05 Å². The molecule has 0 saturated carbocycles. The molecule has 1 aliphatic heterocycles. The third kappa shape index (κ3) is 4.12. The van der Waals surface area contributed by atoms with Gasteiger partial charge < -0.3 is 4.90 Å². The Labute approximate surface area is 210 Å². The van der Waals surface area contributed by atoms with Gasteiger partial charge in [-0.3, -0.25) is 9.48 Å². The molecule has 36 heavy (non-hydrogen) atoms. The second kappa shape index (κ2) is 9.36. The van der Waals surface area contributed by atoms with Crippen LogP contribution in [0.3, 0.4) is 0 Å². The molecule has 9 nitrogen and oxygen atoms in total. The van der Waals surface area contributed by atoms with E-state index in [0.717, 1.165) is 16.9 Å². The van der Waals surface area contributed by atoms with Gasteiger partial charge in [-0.15, -0.1) is 0 Å². The van der Waals surface area contributed by atoms with Crippen LogP contribution in [0.5, 0.6) is 0 Å². The number of aryl methyl sites for hydroxylation is 1. The Morgan fingerprint density at radius 2 is 1.47 bits per heavy atom. The molecule has 4 aromatic rings. The predicted molar refractivity (Wildman–Crippen MR) is 136 cm³/mol. The summed E-state index contributed by atoms with van der Waals surface area (Å²) in [7, 11) is -1.97. The fourth-order valence-corrected chi connectivity index (χ4v) is 6.15. The molecule has 10 heteroatoms. The van der Waals surface area contributed by atoms with Crippen LogP contribution in [-0.2, 0) is 17.1 Å². The van der Waals surface area contributed by atoms with Gasteiger partial charge in [-0.1, -0.05) is 48.5 Å². The van der Waals surface area contributed by atoms with Gasteiger partial charge in [0.1, 0.15) is 10.6 Å². The second-order valence-electron chi connectivity index (χ2n) is 8.84. The summed E-state index contributed by atoms with van der Waals surface area (Å²) in [6.45, 7) is 4.65. The summed E-state index contributed by atoms with van der Waals surface area (Å²) in [4.78, 5) is 15.8. The zero-order chi connectivity index (χ0) is 25.4. The number of carbonyl (C=O) groups excluding carboxylic acids is 1. The molecule has 0 spiro atoms. The van der Waals surface area contributed by atoms with Crippen molar-refractivity contribution in [2.45, 2.75) is 18.7 Å². The SMILES string of the molecule is Cc1c(S(=O)(=O)N2CCN(C(=O)c3c(-c4ccccc4)nn(-c4ccccc4)c3C)CC2)cnn1C. The van der Waals surface area contributed by atoms with Crippen molar-refractivity contribution in [1.82, 2.24) is 28.8 Å². The number of amides is 1. The van der Waals surface area contributed by atoms with Crippen LogP contribution in [-0.4, -0.2) is 69.3 Å². The van der Waals surface area contributed by atoms with E-state index in [0.29, 0.717) is 30.0 Å². The quantitative estimate of drug-likeness (QED) is 0.417. The van der Waals surface area contributed by atoms with E-state index in [1.165, 1.54) is 10.5 Å². The molecule has 1 aliphatic rings. The average Bonchev–Trinajstić information content (AvgIpc) is 3.43. The number of piperazine rings is 1. The predicted octanol–water partition coefficient (Wildman–Crippen LogP) is 3.04. The van der Waals surface area contributed by atoms with Crippen LogP contribution in [0.25, 0.3) is 16.9 Å². The molecule has 0 unspecified atom stereocenters. The van der Waals surface area contributed by atoms with Gasteiger partial charge in [-0.2, -0.15) is 14.5 Å². The molecule has 1 saturated heterocycles. The fourth-order valence-electron chi connectivity index (χ4n) is 4.54. The maximum atomic E-state index is 13.8. The molecule has 1 fully saturated rings. The Morgan fingerprint density at radius 1 is 0.861 bits per heavy atom. The molecule has 2 aromatic heterocycles. The van der Waals surface area contributed by atoms with Crippen molar-refractivity contribution in [3.05, 3.63) is 83.8 Å². The maximum Gasteiger partial charge on any atom is 0.258 e. The Morgan fingerprint density at radius 3 is 2.06 bits per heavy atom. The number of benzene rings is 2. The molecule has 186 valence electrons. The average molecular weight is 505 g/mol. The zero-order valence-corrected chi connectivity index (χ0v) is 21.3. The summed E-state index contributed by atoms with van der Waals surface area (Å²) < 4.78 is 31.1. The van der Waals surface area contributed by atoms with Gasteiger partial charge in [-0.25, -0.2) is 13.1 Å². The molecule has 5 rings (SSSR count). The molecule has 1 amide bonds. The number of rotatable bonds is 5. The minimum absolute atomic E-state index is 0.150. The van der Waals surface area contributed by atoms with Crippen molar-refractivity contribution in [3.8, 4) is 16.9 Å². The number of hydrogen-bond acceptors (Lipinski definition) is 5. The van der Waals surface area contributed by atoms with Gasteiger partial charge >= 0.3 is 0 Å². The van der Waals surface area contributed by atoms with E-state index < -0.39 is 10.0 Å². The highest BCUT2D eigenvalue weighted by Crippen LogP contribution is 2.29. The molecule has 0 radical (unpaired) electrons. The lowest BCUT2D eigenvalue weighted by Crippen LogP contribution is -2.50. The minimum atomic E-state index is -3.68. The largest absolute Gasteiger partial charge is 0.336 e. The summed E-state index contributed by atoms with van der Waals surface area (Å²) >= 11 is 0. The van der Waals surface area contributed by atoms with Crippen molar-refractivity contribution < 1.29 is 13.2 Å². The van der Waals surface area contributed by atoms with E-state index >= 15 is 0 Å². The first-order chi connectivity index (χ1) is 17.3. The van der Waals surface area contributed by atoms with Crippen LogP contribution in [0, 0.1) is 13.8 Å². The molecule has 0 bridgehead atoms. The second-order valence-corrected chi connectivity index (χ2v) is 10.7. The molecule has 0 N–H and O–H groups in total. The lowest BCUT2D eigenvalue weighted by Gasteiger charge is -2.34. The van der Waals surface area contributed by atoms with Crippen LogP contribution >= 0.6 is 0 Å². The van der Waals surface area contributed by atoms with Gasteiger partial charge in [0.25, 0.3) is 5.91 Å². The standard InChI is InChI=1S/C26H28N6O3S/c1-19-23(18-27-29(19)3)36(34,35)31-16-14-30(15-17-31)26(33)24-20(2)32(22-12-8-5-9-13-22)28-25(24)21-10-6-4-7-11-21/h4-13,18H,14-17H2,1-3H3. The van der Waals surface area contributed by atoms with Crippen LogP contribution < -0.4 is 0 Å². The Bertz CT molecular complexity index is 1500.